The second-order valence-corrected chi connectivity index (χ2v) is 5.86. The summed E-state index contributed by atoms with van der Waals surface area (Å²) in [5.41, 5.74) is -1.55. The summed E-state index contributed by atoms with van der Waals surface area (Å²) in [5.74, 6) is 0. The summed E-state index contributed by atoms with van der Waals surface area (Å²) in [6.07, 6.45) is -4.55. The third-order valence-corrected chi connectivity index (χ3v) is 3.12. The number of fused-ring (bicyclic) bond motifs is 1. The Bertz CT molecular complexity index is 721. The van der Waals surface area contributed by atoms with Gasteiger partial charge in [0.15, 0.2) is 0 Å². The number of alkyl halides is 3. The van der Waals surface area contributed by atoms with Crippen molar-refractivity contribution < 1.29 is 23.1 Å². The largest absolute Gasteiger partial charge is 0.465 e. The van der Waals surface area contributed by atoms with Crippen LogP contribution in [0.2, 0.25) is 0 Å². The molecule has 0 unspecified atom stereocenters. The highest BCUT2D eigenvalue weighted by Gasteiger charge is 2.34. The van der Waals surface area contributed by atoms with E-state index in [1.807, 2.05) is 0 Å². The minimum absolute atomic E-state index is 0.196. The number of rotatable bonds is 1. The van der Waals surface area contributed by atoms with Gasteiger partial charge in [-0.05, 0) is 32.9 Å². The number of carbonyl (C=O) groups is 1. The van der Waals surface area contributed by atoms with Crippen LogP contribution in [0.1, 0.15) is 26.3 Å². The zero-order chi connectivity index (χ0) is 16.7. The van der Waals surface area contributed by atoms with E-state index in [1.54, 1.807) is 20.8 Å². The summed E-state index contributed by atoms with van der Waals surface area (Å²) in [4.78, 5) is 16.3. The van der Waals surface area contributed by atoms with Crippen molar-refractivity contribution in [1.82, 2.24) is 4.98 Å². The fourth-order valence-corrected chi connectivity index (χ4v) is 2.28. The van der Waals surface area contributed by atoms with Gasteiger partial charge in [-0.3, -0.25) is 9.88 Å². The first kappa shape index (κ1) is 16.1. The smallest absolute Gasteiger partial charge is 0.418 e. The minimum atomic E-state index is -4.51. The molecular weight excluding hydrogens is 297 g/mol. The highest BCUT2D eigenvalue weighted by molar-refractivity contribution is 5.92. The lowest BCUT2D eigenvalue weighted by Gasteiger charge is -2.33. The first-order valence-corrected chi connectivity index (χ1v) is 6.51. The molecule has 0 atom stereocenters. The van der Waals surface area contributed by atoms with E-state index in [0.29, 0.717) is 0 Å². The Labute approximate surface area is 125 Å². The molecule has 1 N–H and O–H groups in total. The Balaban J connectivity index is 2.64. The molecule has 1 aromatic carbocycles. The topological polar surface area (TPSA) is 53.4 Å². The molecule has 0 fully saturated rings. The van der Waals surface area contributed by atoms with Gasteiger partial charge < -0.3 is 5.11 Å². The molecule has 0 saturated heterocycles. The molecule has 7 heteroatoms. The number of hydrogen-bond acceptors (Lipinski definition) is 2. The standard InChI is InChI=1S/C15H15F3N2O2/c1-14(2,3)20(13(21)22)10-7-9-5-4-6-11(15(16,17)18)12(9)19-8-10/h4-8H,1-3H3,(H,21,22). The highest BCUT2D eigenvalue weighted by atomic mass is 19.4. The van der Waals surface area contributed by atoms with E-state index >= 15 is 0 Å². The second-order valence-electron chi connectivity index (χ2n) is 5.86. The van der Waals surface area contributed by atoms with E-state index in [1.165, 1.54) is 18.2 Å². The van der Waals surface area contributed by atoms with Crippen molar-refractivity contribution in [1.29, 1.82) is 0 Å². The van der Waals surface area contributed by atoms with E-state index in [-0.39, 0.29) is 16.6 Å². The Morgan fingerprint density at radius 2 is 1.86 bits per heavy atom. The molecule has 0 radical (unpaired) electrons. The van der Waals surface area contributed by atoms with Crippen LogP contribution < -0.4 is 4.90 Å². The molecule has 2 rings (SSSR count). The van der Waals surface area contributed by atoms with Gasteiger partial charge in [-0.1, -0.05) is 12.1 Å². The molecule has 22 heavy (non-hydrogen) atoms. The zero-order valence-corrected chi connectivity index (χ0v) is 12.3. The van der Waals surface area contributed by atoms with Crippen LogP contribution in [0.25, 0.3) is 10.9 Å². The number of amides is 1. The molecule has 0 spiro atoms. The summed E-state index contributed by atoms with van der Waals surface area (Å²) in [6.45, 7) is 5.08. The summed E-state index contributed by atoms with van der Waals surface area (Å²) in [7, 11) is 0. The van der Waals surface area contributed by atoms with Crippen LogP contribution in [0.4, 0.5) is 23.7 Å². The molecule has 0 aliphatic rings. The Hall–Kier alpha value is -2.31. The lowest BCUT2D eigenvalue weighted by atomic mass is 10.0. The predicted octanol–water partition coefficient (Wildman–Crippen LogP) is 4.54. The van der Waals surface area contributed by atoms with Gasteiger partial charge in [0.05, 0.1) is 23.0 Å². The van der Waals surface area contributed by atoms with Gasteiger partial charge in [-0.2, -0.15) is 13.2 Å². The van der Waals surface area contributed by atoms with Crippen LogP contribution in [-0.4, -0.2) is 21.7 Å². The van der Waals surface area contributed by atoms with E-state index in [0.717, 1.165) is 17.2 Å². The maximum Gasteiger partial charge on any atom is 0.418 e. The molecule has 0 saturated carbocycles. The molecule has 2 aromatic rings. The average molecular weight is 312 g/mol. The highest BCUT2D eigenvalue weighted by Crippen LogP contribution is 2.35. The fourth-order valence-electron chi connectivity index (χ4n) is 2.28. The molecule has 0 aliphatic carbocycles. The summed E-state index contributed by atoms with van der Waals surface area (Å²) < 4.78 is 38.8. The van der Waals surface area contributed by atoms with E-state index in [9.17, 15) is 23.1 Å². The summed E-state index contributed by atoms with van der Waals surface area (Å²) in [6, 6.07) is 5.10. The van der Waals surface area contributed by atoms with Gasteiger partial charge in [0.25, 0.3) is 0 Å². The van der Waals surface area contributed by atoms with Crippen molar-refractivity contribution in [3.63, 3.8) is 0 Å². The van der Waals surface area contributed by atoms with E-state index < -0.39 is 23.4 Å². The third kappa shape index (κ3) is 2.98. The predicted molar refractivity (Wildman–Crippen MR) is 77.0 cm³/mol. The quantitative estimate of drug-likeness (QED) is 0.841. The van der Waals surface area contributed by atoms with Crippen LogP contribution in [-0.2, 0) is 6.18 Å². The molecule has 1 aromatic heterocycles. The van der Waals surface area contributed by atoms with E-state index in [4.69, 9.17) is 0 Å². The Morgan fingerprint density at radius 3 is 2.36 bits per heavy atom. The molecule has 1 amide bonds. The number of para-hydroxylation sites is 1. The fraction of sp³-hybridized carbons (Fsp3) is 0.333. The SMILES string of the molecule is CC(C)(C)N(C(=O)O)c1cnc2c(C(F)(F)F)cccc2c1. The number of halogens is 3. The summed E-state index contributed by atoms with van der Waals surface area (Å²) >= 11 is 0. The number of pyridine rings is 1. The van der Waals surface area contributed by atoms with Gasteiger partial charge in [-0.15, -0.1) is 0 Å². The van der Waals surface area contributed by atoms with Crippen LogP contribution in [0.15, 0.2) is 30.5 Å². The lowest BCUT2D eigenvalue weighted by molar-refractivity contribution is -0.136. The van der Waals surface area contributed by atoms with Gasteiger partial charge in [-0.25, -0.2) is 4.79 Å². The maximum absolute atomic E-state index is 12.9. The third-order valence-electron chi connectivity index (χ3n) is 3.12. The van der Waals surface area contributed by atoms with Crippen molar-refractivity contribution in [3.05, 3.63) is 36.0 Å². The zero-order valence-electron chi connectivity index (χ0n) is 12.3. The van der Waals surface area contributed by atoms with Gasteiger partial charge >= 0.3 is 12.3 Å². The number of benzene rings is 1. The van der Waals surface area contributed by atoms with Gasteiger partial charge in [0.1, 0.15) is 0 Å². The normalized spacial score (nSPS) is 12.5. The number of aromatic nitrogens is 1. The molecule has 0 bridgehead atoms. The molecule has 1 heterocycles. The Morgan fingerprint density at radius 1 is 1.23 bits per heavy atom. The monoisotopic (exact) mass is 312 g/mol. The number of carboxylic acid groups (broad SMARTS) is 1. The van der Waals surface area contributed by atoms with Crippen molar-refractivity contribution in [2.24, 2.45) is 0 Å². The van der Waals surface area contributed by atoms with Gasteiger partial charge in [0, 0.05) is 10.9 Å². The second kappa shape index (κ2) is 5.15. The lowest BCUT2D eigenvalue weighted by Crippen LogP contribution is -2.45. The van der Waals surface area contributed by atoms with Crippen LogP contribution in [0.3, 0.4) is 0 Å². The molecular formula is C15H15F3N2O2. The number of hydrogen-bond donors (Lipinski definition) is 1. The van der Waals surface area contributed by atoms with Crippen LogP contribution in [0.5, 0.6) is 0 Å². The van der Waals surface area contributed by atoms with Crippen molar-refractivity contribution in [3.8, 4) is 0 Å². The van der Waals surface area contributed by atoms with Crippen molar-refractivity contribution in [2.45, 2.75) is 32.5 Å². The Kier molecular flexibility index (Phi) is 3.76. The van der Waals surface area contributed by atoms with Crippen molar-refractivity contribution >= 4 is 22.7 Å². The van der Waals surface area contributed by atoms with Crippen LogP contribution >= 0.6 is 0 Å². The van der Waals surface area contributed by atoms with Crippen molar-refractivity contribution in [2.75, 3.05) is 4.90 Å². The summed E-state index contributed by atoms with van der Waals surface area (Å²) in [5, 5.41) is 9.58. The van der Waals surface area contributed by atoms with Gasteiger partial charge in [0.2, 0.25) is 0 Å². The van der Waals surface area contributed by atoms with Crippen LogP contribution in [0, 0.1) is 0 Å². The first-order chi connectivity index (χ1) is 10.0. The molecule has 118 valence electrons. The molecule has 0 aliphatic heterocycles. The minimum Gasteiger partial charge on any atom is -0.465 e. The first-order valence-electron chi connectivity index (χ1n) is 6.51. The average Bonchev–Trinajstić information content (AvgIpc) is 2.34. The number of anilines is 1. The number of nitrogens with zero attached hydrogens (tertiary/aromatic N) is 2. The maximum atomic E-state index is 12.9. The molecule has 4 nitrogen and oxygen atoms in total. The van der Waals surface area contributed by atoms with E-state index in [2.05, 4.69) is 4.98 Å².